The molecule has 2 aromatic heterocycles. The number of nitrogens with zero attached hydrogens (tertiary/aromatic N) is 4. The van der Waals surface area contributed by atoms with Gasteiger partial charge in [-0.3, -0.25) is 4.98 Å². The van der Waals surface area contributed by atoms with Crippen LogP contribution in [0.4, 0.5) is 28.6 Å². The molecule has 0 fully saturated rings. The summed E-state index contributed by atoms with van der Waals surface area (Å²) in [7, 11) is 2.11. The van der Waals surface area contributed by atoms with Crippen LogP contribution in [0.5, 0.6) is 5.75 Å². The van der Waals surface area contributed by atoms with Crippen LogP contribution >= 0.6 is 0 Å². The van der Waals surface area contributed by atoms with Gasteiger partial charge >= 0.3 is 0 Å². The molecule has 1 N–H and O–H groups in total. The zero-order valence-electron chi connectivity index (χ0n) is 28.3. The molecular weight excluding hydrogens is 808 g/mol. The van der Waals surface area contributed by atoms with E-state index < -0.39 is 0 Å². The van der Waals surface area contributed by atoms with Crippen LogP contribution in [-0.2, 0) is 21.1 Å². The third kappa shape index (κ3) is 5.55. The van der Waals surface area contributed by atoms with Crippen molar-refractivity contribution in [3.8, 4) is 39.3 Å². The topological polar surface area (TPSA) is 52.5 Å². The van der Waals surface area contributed by atoms with Crippen LogP contribution in [0.3, 0.4) is 0 Å². The molecule has 0 radical (unpaired) electrons. The van der Waals surface area contributed by atoms with Crippen molar-refractivity contribution in [2.75, 3.05) is 16.8 Å². The van der Waals surface area contributed by atoms with Crippen LogP contribution in [0.1, 0.15) is 11.1 Å². The average Bonchev–Trinajstić information content (AvgIpc) is 3.14. The summed E-state index contributed by atoms with van der Waals surface area (Å²) in [6.45, 7) is 4.38. The summed E-state index contributed by atoms with van der Waals surface area (Å²) in [5.41, 5.74) is 13.3. The third-order valence-corrected chi connectivity index (χ3v) is 9.81. The van der Waals surface area contributed by atoms with Crippen LogP contribution in [0.2, 0.25) is 0 Å². The summed E-state index contributed by atoms with van der Waals surface area (Å²) >= 11 is 0. The minimum atomic E-state index is 0. The van der Waals surface area contributed by atoms with E-state index in [1.54, 1.807) is 6.07 Å². The minimum Gasteiger partial charge on any atom is -0.506 e. The molecule has 8 aromatic rings. The number of pyridine rings is 2. The van der Waals surface area contributed by atoms with Crippen LogP contribution in [0.25, 0.3) is 55.2 Å². The standard InChI is InChI=1S/C45H33N4O.Pt/c1-28-22-36(30-10-5-4-6-11-30)23-29(2)44(28)35-20-21-46-43(27-35)49-40-26-34(37-18-16-31-14-9-15-42(50)45(31)47-37)17-19-38(40)48(3)39-24-32-12-7-8-13-33(32)25-41(39)49;/h4-25,27,50H,1-3H3;/q-1;. The first-order chi connectivity index (χ1) is 24.4. The maximum Gasteiger partial charge on any atom is 0.140 e. The number of aryl methyl sites for hydroxylation is 2. The molecule has 0 unspecified atom stereocenters. The third-order valence-electron chi connectivity index (χ3n) is 9.81. The van der Waals surface area contributed by atoms with Gasteiger partial charge in [0.1, 0.15) is 17.1 Å². The SMILES string of the molecule is Cc1cc(-c2ccccc2)cc(C)c1-c1ccnc(N2c3[c-]c(-c4ccc5cccc(O)c5n4)ccc3N(C)c3cc4ccccc4cc32)c1.[Pt]. The Morgan fingerprint density at radius 2 is 1.31 bits per heavy atom. The molecule has 0 bridgehead atoms. The van der Waals surface area contributed by atoms with E-state index in [9.17, 15) is 5.11 Å². The second-order valence-electron chi connectivity index (χ2n) is 13.0. The number of hydrogen-bond donors (Lipinski definition) is 1. The molecule has 51 heavy (non-hydrogen) atoms. The van der Waals surface area contributed by atoms with Gasteiger partial charge in [-0.2, -0.15) is 0 Å². The van der Waals surface area contributed by atoms with E-state index in [0.29, 0.717) is 5.52 Å². The molecule has 5 nitrogen and oxygen atoms in total. The maximum absolute atomic E-state index is 10.6. The van der Waals surface area contributed by atoms with Crippen molar-refractivity contribution in [1.29, 1.82) is 0 Å². The van der Waals surface area contributed by atoms with Crippen molar-refractivity contribution >= 4 is 50.2 Å². The summed E-state index contributed by atoms with van der Waals surface area (Å²) in [6, 6.07) is 49.7. The number of phenolic OH excluding ortho intramolecular Hbond substituents is 1. The Kier molecular flexibility index (Phi) is 8.17. The Morgan fingerprint density at radius 3 is 2.08 bits per heavy atom. The van der Waals surface area contributed by atoms with Crippen LogP contribution in [0, 0.1) is 19.9 Å². The fourth-order valence-corrected chi connectivity index (χ4v) is 7.41. The Balaban J connectivity index is 0.00000374. The van der Waals surface area contributed by atoms with Crippen molar-refractivity contribution in [1.82, 2.24) is 9.97 Å². The normalized spacial score (nSPS) is 12.1. The number of para-hydroxylation sites is 1. The molecule has 0 atom stereocenters. The van der Waals surface area contributed by atoms with Crippen molar-refractivity contribution < 1.29 is 26.2 Å². The Bertz CT molecular complexity index is 2600. The molecule has 0 saturated carbocycles. The van der Waals surface area contributed by atoms with Crippen LogP contribution < -0.4 is 9.80 Å². The smallest absolute Gasteiger partial charge is 0.140 e. The van der Waals surface area contributed by atoms with Crippen LogP contribution in [0.15, 0.2) is 140 Å². The zero-order valence-corrected chi connectivity index (χ0v) is 30.6. The number of phenols is 1. The van der Waals surface area contributed by atoms with E-state index >= 15 is 0 Å². The van der Waals surface area contributed by atoms with E-state index in [-0.39, 0.29) is 26.8 Å². The van der Waals surface area contributed by atoms with E-state index in [1.165, 1.54) is 33.2 Å². The average molecular weight is 841 g/mol. The second-order valence-corrected chi connectivity index (χ2v) is 13.0. The Morgan fingerprint density at radius 1 is 0.608 bits per heavy atom. The number of anilines is 5. The van der Waals surface area contributed by atoms with Gasteiger partial charge < -0.3 is 14.9 Å². The van der Waals surface area contributed by atoms with Crippen molar-refractivity contribution in [2.45, 2.75) is 13.8 Å². The first-order valence-electron chi connectivity index (χ1n) is 16.8. The molecule has 0 saturated heterocycles. The molecule has 0 spiro atoms. The summed E-state index contributed by atoms with van der Waals surface area (Å²) in [4.78, 5) is 14.3. The maximum atomic E-state index is 10.6. The molecule has 0 aliphatic carbocycles. The van der Waals surface area contributed by atoms with Gasteiger partial charge in [0.2, 0.25) is 0 Å². The van der Waals surface area contributed by atoms with E-state index in [4.69, 9.17) is 9.97 Å². The van der Waals surface area contributed by atoms with Gasteiger partial charge in [-0.25, -0.2) is 4.98 Å². The summed E-state index contributed by atoms with van der Waals surface area (Å²) < 4.78 is 0. The van der Waals surface area contributed by atoms with E-state index in [1.807, 2.05) is 30.5 Å². The first kappa shape index (κ1) is 32.4. The molecule has 3 heterocycles. The molecular formula is C45H33N4OPt-. The predicted molar refractivity (Wildman–Crippen MR) is 206 cm³/mol. The minimum absolute atomic E-state index is 0. The molecule has 0 amide bonds. The van der Waals surface area contributed by atoms with Crippen molar-refractivity contribution in [3.05, 3.63) is 157 Å². The second kappa shape index (κ2) is 12.8. The first-order valence-corrected chi connectivity index (χ1v) is 16.8. The number of aromatic hydroxyl groups is 1. The van der Waals surface area contributed by atoms with Gasteiger partial charge in [-0.15, -0.1) is 23.8 Å². The number of rotatable bonds is 4. The fourth-order valence-electron chi connectivity index (χ4n) is 7.41. The van der Waals surface area contributed by atoms with Gasteiger partial charge in [0.05, 0.1) is 11.4 Å². The molecule has 250 valence electrons. The largest absolute Gasteiger partial charge is 0.506 e. The van der Waals surface area contributed by atoms with Gasteiger partial charge in [0.15, 0.2) is 0 Å². The van der Waals surface area contributed by atoms with Crippen LogP contribution in [-0.4, -0.2) is 22.1 Å². The summed E-state index contributed by atoms with van der Waals surface area (Å²) in [5, 5.41) is 13.8. The van der Waals surface area contributed by atoms with Gasteiger partial charge in [0, 0.05) is 39.7 Å². The van der Waals surface area contributed by atoms with Gasteiger partial charge in [0.25, 0.3) is 0 Å². The van der Waals surface area contributed by atoms with Gasteiger partial charge in [-0.05, 0) is 105 Å². The van der Waals surface area contributed by atoms with E-state index in [0.717, 1.165) is 56.2 Å². The molecule has 1 aliphatic rings. The van der Waals surface area contributed by atoms with E-state index in [2.05, 4.69) is 140 Å². The zero-order chi connectivity index (χ0) is 33.9. The summed E-state index contributed by atoms with van der Waals surface area (Å²) in [5.74, 6) is 0.963. The molecule has 9 rings (SSSR count). The molecule has 1 aliphatic heterocycles. The Hall–Kier alpha value is -5.77. The Labute approximate surface area is 311 Å². The number of benzene rings is 6. The summed E-state index contributed by atoms with van der Waals surface area (Å²) in [6.07, 6.45) is 1.91. The quantitative estimate of drug-likeness (QED) is 0.179. The van der Waals surface area contributed by atoms with Gasteiger partial charge in [-0.1, -0.05) is 91.0 Å². The van der Waals surface area contributed by atoms with Crippen molar-refractivity contribution in [2.24, 2.45) is 0 Å². The van der Waals surface area contributed by atoms with Crippen molar-refractivity contribution in [3.63, 3.8) is 0 Å². The number of fused-ring (bicyclic) bond motifs is 4. The fraction of sp³-hybridized carbons (Fsp3) is 0.0667. The molecule has 6 heteroatoms. The number of aromatic nitrogens is 2. The number of hydrogen-bond acceptors (Lipinski definition) is 5. The monoisotopic (exact) mass is 840 g/mol. The molecule has 6 aromatic carbocycles. The predicted octanol–water partition coefficient (Wildman–Crippen LogP) is 11.5.